The molecule has 0 aliphatic carbocycles. The number of hydrogen-bond donors (Lipinski definition) is 1. The smallest absolute Gasteiger partial charge is 0.238 e. The second-order valence-electron chi connectivity index (χ2n) is 9.63. The number of nitroso groups, excluding NO2 is 1. The van der Waals surface area contributed by atoms with Gasteiger partial charge in [-0.1, -0.05) is 41.6 Å². The maximum atomic E-state index is 11.9. The number of aromatic nitrogens is 2. The molecule has 3 heterocycles. The van der Waals surface area contributed by atoms with Crippen molar-refractivity contribution in [1.29, 1.82) is 0 Å². The highest BCUT2D eigenvalue weighted by molar-refractivity contribution is 7.89. The number of ether oxygens (including phenoxy) is 3. The Morgan fingerprint density at radius 1 is 0.976 bits per heavy atom. The Balaban J connectivity index is 1.36. The van der Waals surface area contributed by atoms with Crippen molar-refractivity contribution < 1.29 is 27.0 Å². The van der Waals surface area contributed by atoms with Gasteiger partial charge in [0, 0.05) is 44.3 Å². The van der Waals surface area contributed by atoms with E-state index in [0.717, 1.165) is 11.3 Å². The zero-order chi connectivity index (χ0) is 28.9. The molecule has 41 heavy (non-hydrogen) atoms. The fourth-order valence-corrected chi connectivity index (χ4v) is 5.28. The maximum absolute atomic E-state index is 11.9. The number of nitrogens with two attached hydrogens (primary N) is 1. The molecule has 0 amide bonds. The van der Waals surface area contributed by atoms with Crippen LogP contribution in [0.1, 0.15) is 36.2 Å². The van der Waals surface area contributed by atoms with Crippen molar-refractivity contribution in [3.63, 3.8) is 0 Å². The number of rotatable bonds is 11. The summed E-state index contributed by atoms with van der Waals surface area (Å²) in [6.45, 7) is 1.26. The second kappa shape index (κ2) is 12.4. The zero-order valence-corrected chi connectivity index (χ0v) is 23.2. The summed E-state index contributed by atoms with van der Waals surface area (Å²) in [5.41, 5.74) is 2.78. The van der Waals surface area contributed by atoms with Crippen LogP contribution in [0.2, 0.25) is 0 Å². The average molecular weight is 579 g/mol. The van der Waals surface area contributed by atoms with Crippen LogP contribution >= 0.6 is 0 Å². The summed E-state index contributed by atoms with van der Waals surface area (Å²) in [7, 11) is -2.18. The maximum Gasteiger partial charge on any atom is 0.238 e. The number of methoxy groups -OCH3 is 1. The molecule has 4 aromatic rings. The Bertz CT molecular complexity index is 1590. The molecule has 0 spiro atoms. The van der Waals surface area contributed by atoms with E-state index in [1.807, 2.05) is 48.5 Å². The minimum absolute atomic E-state index is 0.0333. The van der Waals surface area contributed by atoms with E-state index in [9.17, 15) is 13.3 Å². The molecule has 0 bridgehead atoms. The van der Waals surface area contributed by atoms with E-state index in [2.05, 4.69) is 10.2 Å². The first-order valence-electron chi connectivity index (χ1n) is 13.0. The first kappa shape index (κ1) is 28.7. The molecule has 1 aliphatic heterocycles. The van der Waals surface area contributed by atoms with Crippen molar-refractivity contribution >= 4 is 10.0 Å². The van der Waals surface area contributed by atoms with Crippen molar-refractivity contribution in [3.8, 4) is 22.6 Å². The van der Waals surface area contributed by atoms with Gasteiger partial charge in [0.2, 0.25) is 15.9 Å². The summed E-state index contributed by atoms with van der Waals surface area (Å²) >= 11 is 0. The van der Waals surface area contributed by atoms with Crippen LogP contribution in [0.15, 0.2) is 87.3 Å². The third-order valence-electron chi connectivity index (χ3n) is 7.04. The number of sulfonamides is 1. The zero-order valence-electron chi connectivity index (χ0n) is 22.4. The van der Waals surface area contributed by atoms with E-state index < -0.39 is 21.7 Å². The number of oxazole rings is 1. The number of pyridine rings is 1. The van der Waals surface area contributed by atoms with Crippen LogP contribution in [-0.2, 0) is 36.4 Å². The molecule has 2 N–H and O–H groups in total. The normalized spacial score (nSPS) is 15.9. The molecule has 1 saturated heterocycles. The van der Waals surface area contributed by atoms with E-state index in [-0.39, 0.29) is 24.0 Å². The van der Waals surface area contributed by atoms with E-state index in [4.69, 9.17) is 28.8 Å². The van der Waals surface area contributed by atoms with Crippen LogP contribution < -0.4 is 5.14 Å². The van der Waals surface area contributed by atoms with Crippen LogP contribution in [0.5, 0.6) is 0 Å². The second-order valence-corrected chi connectivity index (χ2v) is 11.2. The molecule has 1 atom stereocenters. The molecule has 11 nitrogen and oxygen atoms in total. The van der Waals surface area contributed by atoms with Crippen LogP contribution in [-0.4, -0.2) is 45.3 Å². The van der Waals surface area contributed by atoms with Gasteiger partial charge in [-0.2, -0.15) is 0 Å². The van der Waals surface area contributed by atoms with Crippen LogP contribution in [0.25, 0.3) is 22.6 Å². The van der Waals surface area contributed by atoms with Gasteiger partial charge in [0.15, 0.2) is 11.8 Å². The van der Waals surface area contributed by atoms with Gasteiger partial charge in [-0.25, -0.2) is 18.5 Å². The SMILES string of the molecule is COC1(c2cccc(COCC(N=O)c3nc(-c4ccccc4)c(-c4ccc(S(N)(=O)=O)cc4)o3)n2)CCOCC1. The van der Waals surface area contributed by atoms with E-state index in [1.165, 1.54) is 12.1 Å². The average Bonchev–Trinajstić information content (AvgIpc) is 3.45. The quantitative estimate of drug-likeness (QED) is 0.249. The lowest BCUT2D eigenvalue weighted by Gasteiger charge is -2.35. The molecular weight excluding hydrogens is 548 g/mol. The summed E-state index contributed by atoms with van der Waals surface area (Å²) in [5, 5.41) is 8.45. The highest BCUT2D eigenvalue weighted by Crippen LogP contribution is 2.36. The standard InChI is InChI=1S/C29H30N4O7S/c1-37-29(14-16-38-17-15-29)25-9-5-8-22(31-25)18-39-19-24(33-34)28-32-26(20-6-3-2-4-7-20)27(40-28)21-10-12-23(13-11-21)41(30,35)36/h2-13,24H,14-19H2,1H3,(H2,30,35,36). The Morgan fingerprint density at radius 3 is 2.37 bits per heavy atom. The lowest BCUT2D eigenvalue weighted by atomic mass is 9.90. The van der Waals surface area contributed by atoms with Gasteiger partial charge in [0.05, 0.1) is 29.5 Å². The molecule has 2 aromatic heterocycles. The van der Waals surface area contributed by atoms with Crippen molar-refractivity contribution in [2.75, 3.05) is 26.9 Å². The summed E-state index contributed by atoms with van der Waals surface area (Å²) in [6.07, 6.45) is 1.41. The topological polar surface area (TPSA) is 156 Å². The molecule has 0 saturated carbocycles. The molecule has 5 rings (SSSR count). The molecule has 1 fully saturated rings. The van der Waals surface area contributed by atoms with Crippen LogP contribution in [0.3, 0.4) is 0 Å². The summed E-state index contributed by atoms with van der Waals surface area (Å²) < 4.78 is 46.6. The predicted molar refractivity (Wildman–Crippen MR) is 150 cm³/mol. The lowest BCUT2D eigenvalue weighted by Crippen LogP contribution is -2.36. The van der Waals surface area contributed by atoms with E-state index in [0.29, 0.717) is 48.8 Å². The number of nitrogens with zero attached hydrogens (tertiary/aromatic N) is 3. The minimum atomic E-state index is -3.86. The van der Waals surface area contributed by atoms with Crippen LogP contribution in [0, 0.1) is 4.91 Å². The molecule has 0 radical (unpaired) electrons. The van der Waals surface area contributed by atoms with Crippen molar-refractivity contribution in [2.45, 2.75) is 36.0 Å². The first-order chi connectivity index (χ1) is 19.8. The Kier molecular flexibility index (Phi) is 8.66. The molecule has 1 unspecified atom stereocenters. The highest BCUT2D eigenvalue weighted by Gasteiger charge is 2.36. The summed E-state index contributed by atoms with van der Waals surface area (Å²) in [5.74, 6) is 0.433. The van der Waals surface area contributed by atoms with E-state index >= 15 is 0 Å². The van der Waals surface area contributed by atoms with E-state index in [1.54, 1.807) is 19.2 Å². The van der Waals surface area contributed by atoms with Crippen molar-refractivity contribution in [3.05, 3.63) is 95.0 Å². The number of primary sulfonamides is 1. The Labute approximate surface area is 237 Å². The molecule has 2 aromatic carbocycles. The van der Waals surface area contributed by atoms with Gasteiger partial charge in [-0.3, -0.25) is 4.98 Å². The molecule has 214 valence electrons. The molecule has 12 heteroatoms. The first-order valence-corrected chi connectivity index (χ1v) is 14.6. The fourth-order valence-electron chi connectivity index (χ4n) is 4.76. The van der Waals surface area contributed by atoms with Gasteiger partial charge < -0.3 is 18.6 Å². The van der Waals surface area contributed by atoms with Crippen molar-refractivity contribution in [1.82, 2.24) is 9.97 Å². The Hall–Kier alpha value is -3.81. The summed E-state index contributed by atoms with van der Waals surface area (Å²) in [4.78, 5) is 21.2. The third-order valence-corrected chi connectivity index (χ3v) is 7.97. The number of benzene rings is 2. The van der Waals surface area contributed by atoms with Gasteiger partial charge in [0.1, 0.15) is 11.3 Å². The highest BCUT2D eigenvalue weighted by atomic mass is 32.2. The van der Waals surface area contributed by atoms with Gasteiger partial charge in [-0.05, 0) is 36.4 Å². The third kappa shape index (κ3) is 6.42. The van der Waals surface area contributed by atoms with Gasteiger partial charge in [-0.15, -0.1) is 4.91 Å². The minimum Gasteiger partial charge on any atom is -0.437 e. The predicted octanol–water partition coefficient (Wildman–Crippen LogP) is 4.73. The monoisotopic (exact) mass is 578 g/mol. The van der Waals surface area contributed by atoms with Crippen LogP contribution in [0.4, 0.5) is 0 Å². The van der Waals surface area contributed by atoms with Gasteiger partial charge >= 0.3 is 0 Å². The molecular formula is C29H30N4O7S. The largest absolute Gasteiger partial charge is 0.437 e. The van der Waals surface area contributed by atoms with Gasteiger partial charge in [0.25, 0.3) is 0 Å². The summed E-state index contributed by atoms with van der Waals surface area (Å²) in [6, 6.07) is 19.8. The lowest BCUT2D eigenvalue weighted by molar-refractivity contribution is -0.0974. The Morgan fingerprint density at radius 2 is 1.71 bits per heavy atom. The fraction of sp³-hybridized carbons (Fsp3) is 0.310. The molecule has 1 aliphatic rings. The van der Waals surface area contributed by atoms with Crippen molar-refractivity contribution in [2.24, 2.45) is 10.3 Å². The number of hydrogen-bond acceptors (Lipinski definition) is 10.